The summed E-state index contributed by atoms with van der Waals surface area (Å²) < 4.78 is 1.34. The molecule has 3 unspecified atom stereocenters. The fraction of sp³-hybridized carbons (Fsp3) is 0.667. The summed E-state index contributed by atoms with van der Waals surface area (Å²) in [5, 5.41) is 3.73. The first-order chi connectivity index (χ1) is 9.72. The summed E-state index contributed by atoms with van der Waals surface area (Å²) >= 11 is 2.39. The van der Waals surface area contributed by atoms with Gasteiger partial charge in [0.1, 0.15) is 0 Å². The Morgan fingerprint density at radius 3 is 2.55 bits per heavy atom. The Morgan fingerprint density at radius 2 is 1.90 bits per heavy atom. The van der Waals surface area contributed by atoms with Crippen molar-refractivity contribution >= 4 is 22.6 Å². The van der Waals surface area contributed by atoms with Gasteiger partial charge in [0.15, 0.2) is 0 Å². The van der Waals surface area contributed by atoms with Crippen LogP contribution in [0.5, 0.6) is 0 Å². The lowest BCUT2D eigenvalue weighted by molar-refractivity contribution is 0.195. The first-order valence-corrected chi connectivity index (χ1v) is 9.28. The van der Waals surface area contributed by atoms with Gasteiger partial charge in [0.25, 0.3) is 0 Å². The largest absolute Gasteiger partial charge is 0.314 e. The van der Waals surface area contributed by atoms with Crippen molar-refractivity contribution in [1.82, 2.24) is 5.32 Å². The minimum atomic E-state index is 0.729. The number of hydrogen-bond donors (Lipinski definition) is 1. The predicted molar refractivity (Wildman–Crippen MR) is 96.1 cm³/mol. The molecule has 0 bridgehead atoms. The molecule has 1 N–H and O–H groups in total. The second-order valence-electron chi connectivity index (χ2n) is 6.22. The number of nitrogens with one attached hydrogen (secondary N) is 1. The van der Waals surface area contributed by atoms with Gasteiger partial charge in [0, 0.05) is 9.61 Å². The van der Waals surface area contributed by atoms with E-state index in [0.29, 0.717) is 0 Å². The zero-order valence-electron chi connectivity index (χ0n) is 12.9. The molecule has 1 fully saturated rings. The molecule has 20 heavy (non-hydrogen) atoms. The van der Waals surface area contributed by atoms with Gasteiger partial charge in [-0.15, -0.1) is 0 Å². The van der Waals surface area contributed by atoms with E-state index in [4.69, 9.17) is 0 Å². The molecule has 0 aromatic heterocycles. The molecule has 0 radical (unpaired) electrons. The maximum Gasteiger partial charge on any atom is 0.0130 e. The Morgan fingerprint density at radius 1 is 1.15 bits per heavy atom. The molecule has 1 aromatic rings. The molecule has 1 nitrogen and oxygen atoms in total. The third-order valence-corrected chi connectivity index (χ3v) is 5.38. The van der Waals surface area contributed by atoms with Gasteiger partial charge >= 0.3 is 0 Å². The van der Waals surface area contributed by atoms with E-state index in [2.05, 4.69) is 66.0 Å². The SMILES string of the molecule is CCCC1CCC(NCC)C(Cc2ccc(I)cc2)C1. The van der Waals surface area contributed by atoms with Crippen molar-refractivity contribution in [1.29, 1.82) is 0 Å². The Balaban J connectivity index is 2.00. The molecule has 3 atom stereocenters. The van der Waals surface area contributed by atoms with Crippen LogP contribution in [0.25, 0.3) is 0 Å². The topological polar surface area (TPSA) is 12.0 Å². The maximum absolute atomic E-state index is 3.73. The van der Waals surface area contributed by atoms with Crippen LogP contribution in [0.1, 0.15) is 51.5 Å². The first kappa shape index (κ1) is 16.3. The van der Waals surface area contributed by atoms with E-state index in [9.17, 15) is 0 Å². The number of halogens is 1. The van der Waals surface area contributed by atoms with Crippen LogP contribution in [0.2, 0.25) is 0 Å². The normalized spacial score (nSPS) is 26.6. The highest BCUT2D eigenvalue weighted by Crippen LogP contribution is 2.34. The Labute approximate surface area is 138 Å². The highest BCUT2D eigenvalue weighted by molar-refractivity contribution is 14.1. The minimum absolute atomic E-state index is 0.729. The van der Waals surface area contributed by atoms with Gasteiger partial charge in [0.05, 0.1) is 0 Å². The Bertz CT molecular complexity index is 387. The summed E-state index contributed by atoms with van der Waals surface area (Å²) in [6.07, 6.45) is 8.21. The molecule has 0 spiro atoms. The van der Waals surface area contributed by atoms with Crippen LogP contribution in [0, 0.1) is 15.4 Å². The first-order valence-electron chi connectivity index (χ1n) is 8.20. The molecular weight excluding hydrogens is 357 g/mol. The molecule has 2 rings (SSSR count). The predicted octanol–water partition coefficient (Wildman–Crippen LogP) is 5.03. The lowest BCUT2D eigenvalue weighted by Gasteiger charge is -2.37. The van der Waals surface area contributed by atoms with Crippen molar-refractivity contribution in [2.45, 2.75) is 58.4 Å². The molecule has 1 saturated carbocycles. The fourth-order valence-electron chi connectivity index (χ4n) is 3.71. The van der Waals surface area contributed by atoms with Crippen LogP contribution < -0.4 is 5.32 Å². The van der Waals surface area contributed by atoms with Crippen LogP contribution in [-0.2, 0) is 6.42 Å². The lowest BCUT2D eigenvalue weighted by atomic mass is 9.74. The van der Waals surface area contributed by atoms with Crippen LogP contribution in [0.4, 0.5) is 0 Å². The summed E-state index contributed by atoms with van der Waals surface area (Å²) in [6.45, 7) is 5.66. The smallest absolute Gasteiger partial charge is 0.0130 e. The number of rotatable bonds is 6. The molecular formula is C18H28IN. The average Bonchev–Trinajstić information content (AvgIpc) is 2.45. The molecule has 2 heteroatoms. The van der Waals surface area contributed by atoms with Crippen molar-refractivity contribution in [3.05, 3.63) is 33.4 Å². The van der Waals surface area contributed by atoms with E-state index in [1.54, 1.807) is 0 Å². The van der Waals surface area contributed by atoms with Gasteiger partial charge in [0.2, 0.25) is 0 Å². The van der Waals surface area contributed by atoms with Gasteiger partial charge in [-0.2, -0.15) is 0 Å². The molecule has 0 amide bonds. The van der Waals surface area contributed by atoms with Crippen LogP contribution in [0.3, 0.4) is 0 Å². The molecule has 1 aliphatic rings. The maximum atomic E-state index is 3.73. The highest BCUT2D eigenvalue weighted by Gasteiger charge is 2.29. The molecule has 1 aromatic carbocycles. The monoisotopic (exact) mass is 385 g/mol. The Kier molecular flexibility index (Phi) is 6.82. The van der Waals surface area contributed by atoms with Crippen LogP contribution in [0.15, 0.2) is 24.3 Å². The molecule has 1 aliphatic carbocycles. The molecule has 112 valence electrons. The average molecular weight is 385 g/mol. The van der Waals surface area contributed by atoms with Crippen molar-refractivity contribution in [3.8, 4) is 0 Å². The van der Waals surface area contributed by atoms with Crippen molar-refractivity contribution in [2.75, 3.05) is 6.54 Å². The minimum Gasteiger partial charge on any atom is -0.314 e. The summed E-state index contributed by atoms with van der Waals surface area (Å²) in [5.41, 5.74) is 1.51. The third kappa shape index (κ3) is 4.73. The van der Waals surface area contributed by atoms with Gasteiger partial charge in [-0.05, 0) is 84.4 Å². The van der Waals surface area contributed by atoms with E-state index in [1.165, 1.54) is 47.7 Å². The van der Waals surface area contributed by atoms with Gasteiger partial charge in [-0.3, -0.25) is 0 Å². The van der Waals surface area contributed by atoms with E-state index in [0.717, 1.165) is 24.4 Å². The zero-order valence-corrected chi connectivity index (χ0v) is 15.0. The number of benzene rings is 1. The molecule has 0 heterocycles. The van der Waals surface area contributed by atoms with Crippen LogP contribution in [-0.4, -0.2) is 12.6 Å². The summed E-state index contributed by atoms with van der Waals surface area (Å²) in [5.74, 6) is 1.78. The lowest BCUT2D eigenvalue weighted by Crippen LogP contribution is -2.41. The Hall–Kier alpha value is -0.0900. The second kappa shape index (κ2) is 8.38. The molecule has 0 aliphatic heterocycles. The van der Waals surface area contributed by atoms with Gasteiger partial charge in [-0.25, -0.2) is 0 Å². The fourth-order valence-corrected chi connectivity index (χ4v) is 4.07. The van der Waals surface area contributed by atoms with Crippen molar-refractivity contribution in [2.24, 2.45) is 11.8 Å². The van der Waals surface area contributed by atoms with E-state index < -0.39 is 0 Å². The zero-order chi connectivity index (χ0) is 14.4. The van der Waals surface area contributed by atoms with Gasteiger partial charge < -0.3 is 5.32 Å². The quantitative estimate of drug-likeness (QED) is 0.678. The summed E-state index contributed by atoms with van der Waals surface area (Å²) in [7, 11) is 0. The van der Waals surface area contributed by atoms with Crippen molar-refractivity contribution in [3.63, 3.8) is 0 Å². The van der Waals surface area contributed by atoms with E-state index in [1.807, 2.05) is 0 Å². The molecule has 0 saturated heterocycles. The highest BCUT2D eigenvalue weighted by atomic mass is 127. The summed E-state index contributed by atoms with van der Waals surface area (Å²) in [6, 6.07) is 9.84. The third-order valence-electron chi connectivity index (χ3n) is 4.67. The van der Waals surface area contributed by atoms with Crippen LogP contribution >= 0.6 is 22.6 Å². The number of hydrogen-bond acceptors (Lipinski definition) is 1. The summed E-state index contributed by atoms with van der Waals surface area (Å²) in [4.78, 5) is 0. The van der Waals surface area contributed by atoms with Crippen molar-refractivity contribution < 1.29 is 0 Å². The second-order valence-corrected chi connectivity index (χ2v) is 7.47. The van der Waals surface area contributed by atoms with E-state index in [-0.39, 0.29) is 0 Å². The van der Waals surface area contributed by atoms with Gasteiger partial charge in [-0.1, -0.05) is 38.8 Å². The van der Waals surface area contributed by atoms with E-state index >= 15 is 0 Å². The standard InChI is InChI=1S/C18H28IN/c1-3-5-14-8-11-18(20-4-2)16(12-14)13-15-6-9-17(19)10-7-15/h6-7,9-10,14,16,18,20H,3-5,8,11-13H2,1-2H3.